The molecule has 0 radical (unpaired) electrons. The van der Waals surface area contributed by atoms with Crippen LogP contribution in [-0.2, 0) is 4.79 Å². The zero-order valence-corrected chi connectivity index (χ0v) is 11.5. The van der Waals surface area contributed by atoms with Gasteiger partial charge in [0.05, 0.1) is 11.6 Å². The zero-order chi connectivity index (χ0) is 14.5. The fraction of sp³-hybridized carbons (Fsp3) is 0.467. The summed E-state index contributed by atoms with van der Waals surface area (Å²) >= 11 is 0. The van der Waals surface area contributed by atoms with Gasteiger partial charge in [-0.25, -0.2) is 4.98 Å². The lowest BCUT2D eigenvalue weighted by molar-refractivity contribution is -0.124. The third kappa shape index (κ3) is 2.85. The lowest BCUT2D eigenvalue weighted by atomic mass is 9.96. The summed E-state index contributed by atoms with van der Waals surface area (Å²) in [5, 5.41) is 8.73. The van der Waals surface area contributed by atoms with E-state index in [0.717, 1.165) is 19.3 Å². The monoisotopic (exact) mass is 271 g/mol. The van der Waals surface area contributed by atoms with Crippen molar-refractivity contribution in [1.29, 1.82) is 5.26 Å². The van der Waals surface area contributed by atoms with Gasteiger partial charge in [-0.2, -0.15) is 5.26 Å². The number of aromatic nitrogens is 1. The van der Waals surface area contributed by atoms with Gasteiger partial charge >= 0.3 is 0 Å². The maximum atomic E-state index is 12.5. The number of Topliss-reactive ketones (excluding diaryl/α,β-unsaturated/α-hetero) is 1. The highest BCUT2D eigenvalue weighted by molar-refractivity contribution is 5.96. The number of pyridine rings is 1. The Kier molecular flexibility index (Phi) is 4.46. The number of rotatable bonds is 3. The fourth-order valence-corrected chi connectivity index (χ4v) is 2.48. The summed E-state index contributed by atoms with van der Waals surface area (Å²) < 4.78 is 0. The molecule has 1 aromatic rings. The van der Waals surface area contributed by atoms with Crippen molar-refractivity contribution in [2.24, 2.45) is 0 Å². The van der Waals surface area contributed by atoms with Crippen LogP contribution < -0.4 is 0 Å². The van der Waals surface area contributed by atoms with Gasteiger partial charge in [0.1, 0.15) is 11.8 Å². The number of hydrogen-bond donors (Lipinski definition) is 0. The van der Waals surface area contributed by atoms with Crippen LogP contribution in [0.4, 0.5) is 0 Å². The maximum Gasteiger partial charge on any atom is 0.273 e. The highest BCUT2D eigenvalue weighted by atomic mass is 16.2. The first kappa shape index (κ1) is 14.2. The van der Waals surface area contributed by atoms with E-state index in [1.54, 1.807) is 17.0 Å². The van der Waals surface area contributed by atoms with E-state index < -0.39 is 0 Å². The molecule has 1 amide bonds. The topological polar surface area (TPSA) is 74.1 Å². The van der Waals surface area contributed by atoms with Crippen LogP contribution in [0.1, 0.15) is 48.7 Å². The van der Waals surface area contributed by atoms with E-state index in [0.29, 0.717) is 24.2 Å². The molecule has 0 spiro atoms. The second-order valence-electron chi connectivity index (χ2n) is 4.87. The minimum Gasteiger partial charge on any atom is -0.327 e. The molecule has 0 saturated carbocycles. The Morgan fingerprint density at radius 1 is 1.45 bits per heavy atom. The van der Waals surface area contributed by atoms with E-state index in [1.807, 2.05) is 13.0 Å². The Hall–Kier alpha value is -2.22. The van der Waals surface area contributed by atoms with Crippen LogP contribution in [0.25, 0.3) is 0 Å². The first-order valence-electron chi connectivity index (χ1n) is 6.87. The van der Waals surface area contributed by atoms with Gasteiger partial charge in [-0.3, -0.25) is 9.59 Å². The quantitative estimate of drug-likeness (QED) is 0.841. The van der Waals surface area contributed by atoms with Crippen molar-refractivity contribution in [2.45, 2.75) is 38.6 Å². The van der Waals surface area contributed by atoms with E-state index in [-0.39, 0.29) is 17.7 Å². The predicted octanol–water partition coefficient (Wildman–Crippen LogP) is 1.93. The third-order valence-corrected chi connectivity index (χ3v) is 3.60. The second kappa shape index (κ2) is 6.29. The molecule has 1 aromatic heterocycles. The molecule has 5 heteroatoms. The Morgan fingerprint density at radius 2 is 2.25 bits per heavy atom. The van der Waals surface area contributed by atoms with Crippen molar-refractivity contribution in [3.63, 3.8) is 0 Å². The first-order valence-corrected chi connectivity index (χ1v) is 6.87. The summed E-state index contributed by atoms with van der Waals surface area (Å²) in [7, 11) is 0. The summed E-state index contributed by atoms with van der Waals surface area (Å²) in [5.41, 5.74) is 0.709. The van der Waals surface area contributed by atoms with E-state index in [9.17, 15) is 9.59 Å². The van der Waals surface area contributed by atoms with E-state index in [1.165, 1.54) is 6.20 Å². The van der Waals surface area contributed by atoms with Crippen LogP contribution in [0.15, 0.2) is 18.3 Å². The number of piperidine rings is 1. The highest BCUT2D eigenvalue weighted by Gasteiger charge is 2.31. The van der Waals surface area contributed by atoms with E-state index in [4.69, 9.17) is 5.26 Å². The molecular formula is C15H17N3O2. The SMILES string of the molecule is CCC(=O)C1CCCCN1C(=O)c1ccc(C#N)cn1. The van der Waals surface area contributed by atoms with Gasteiger partial charge in [0.2, 0.25) is 0 Å². The molecule has 0 aliphatic carbocycles. The Morgan fingerprint density at radius 3 is 2.85 bits per heavy atom. The smallest absolute Gasteiger partial charge is 0.273 e. The number of carbonyl (C=O) groups excluding carboxylic acids is 2. The molecule has 0 aromatic carbocycles. The third-order valence-electron chi connectivity index (χ3n) is 3.60. The standard InChI is InChI=1S/C15H17N3O2/c1-2-14(19)13-5-3-4-8-18(13)15(20)12-7-6-11(9-16)10-17-12/h6-7,10,13H,2-5,8H2,1H3. The normalized spacial score (nSPS) is 18.4. The maximum absolute atomic E-state index is 12.5. The van der Waals surface area contributed by atoms with Gasteiger partial charge in [0.25, 0.3) is 5.91 Å². The fourth-order valence-electron chi connectivity index (χ4n) is 2.48. The van der Waals surface area contributed by atoms with Crippen molar-refractivity contribution < 1.29 is 9.59 Å². The van der Waals surface area contributed by atoms with Crippen LogP contribution in [0.3, 0.4) is 0 Å². The number of ketones is 1. The van der Waals surface area contributed by atoms with Crippen molar-refractivity contribution in [3.05, 3.63) is 29.6 Å². The molecule has 1 saturated heterocycles. The summed E-state index contributed by atoms with van der Waals surface area (Å²) in [6, 6.07) is 4.76. The van der Waals surface area contributed by atoms with Gasteiger partial charge in [-0.15, -0.1) is 0 Å². The summed E-state index contributed by atoms with van der Waals surface area (Å²) in [4.78, 5) is 30.1. The van der Waals surface area contributed by atoms with Crippen LogP contribution in [0.2, 0.25) is 0 Å². The largest absolute Gasteiger partial charge is 0.327 e. The van der Waals surface area contributed by atoms with Crippen molar-refractivity contribution in [1.82, 2.24) is 9.88 Å². The second-order valence-corrected chi connectivity index (χ2v) is 4.87. The Labute approximate surface area is 118 Å². The predicted molar refractivity (Wildman–Crippen MR) is 72.9 cm³/mol. The first-order chi connectivity index (χ1) is 9.67. The lowest BCUT2D eigenvalue weighted by Gasteiger charge is -2.34. The number of nitriles is 1. The van der Waals surface area contributed by atoms with Crippen LogP contribution >= 0.6 is 0 Å². The van der Waals surface area contributed by atoms with Gasteiger partial charge in [0.15, 0.2) is 5.78 Å². The van der Waals surface area contributed by atoms with Gasteiger partial charge in [0, 0.05) is 19.2 Å². The summed E-state index contributed by atoms with van der Waals surface area (Å²) in [6.07, 6.45) is 4.44. The van der Waals surface area contributed by atoms with Crippen molar-refractivity contribution in [2.75, 3.05) is 6.54 Å². The molecule has 1 atom stereocenters. The van der Waals surface area contributed by atoms with Crippen molar-refractivity contribution >= 4 is 11.7 Å². The van der Waals surface area contributed by atoms with Gasteiger partial charge < -0.3 is 4.90 Å². The van der Waals surface area contributed by atoms with Gasteiger partial charge in [-0.05, 0) is 31.4 Å². The van der Waals surface area contributed by atoms with Crippen LogP contribution in [0.5, 0.6) is 0 Å². The molecule has 1 aliphatic heterocycles. The van der Waals surface area contributed by atoms with E-state index in [2.05, 4.69) is 4.98 Å². The molecule has 0 bridgehead atoms. The molecule has 104 valence electrons. The average Bonchev–Trinajstić information content (AvgIpc) is 2.53. The molecule has 1 aliphatic rings. The molecule has 2 rings (SSSR count). The molecular weight excluding hydrogens is 254 g/mol. The summed E-state index contributed by atoms with van der Waals surface area (Å²) in [6.45, 7) is 2.41. The van der Waals surface area contributed by atoms with Gasteiger partial charge in [-0.1, -0.05) is 6.92 Å². The Bertz CT molecular complexity index is 545. The number of nitrogens with zero attached hydrogens (tertiary/aromatic N) is 3. The average molecular weight is 271 g/mol. The molecule has 1 unspecified atom stereocenters. The zero-order valence-electron chi connectivity index (χ0n) is 11.5. The van der Waals surface area contributed by atoms with Crippen molar-refractivity contribution in [3.8, 4) is 6.07 Å². The van der Waals surface area contributed by atoms with Crippen LogP contribution in [-0.4, -0.2) is 34.2 Å². The van der Waals surface area contributed by atoms with Crippen LogP contribution in [0, 0.1) is 11.3 Å². The molecule has 0 N–H and O–H groups in total. The lowest BCUT2D eigenvalue weighted by Crippen LogP contribution is -2.48. The minimum absolute atomic E-state index is 0.103. The summed E-state index contributed by atoms with van der Waals surface area (Å²) in [5.74, 6) is -0.118. The molecule has 20 heavy (non-hydrogen) atoms. The number of amides is 1. The number of carbonyl (C=O) groups is 2. The highest BCUT2D eigenvalue weighted by Crippen LogP contribution is 2.20. The molecule has 5 nitrogen and oxygen atoms in total. The number of hydrogen-bond acceptors (Lipinski definition) is 4. The molecule has 2 heterocycles. The molecule has 1 fully saturated rings. The van der Waals surface area contributed by atoms with E-state index >= 15 is 0 Å². The minimum atomic E-state index is -0.321. The number of likely N-dealkylation sites (tertiary alicyclic amines) is 1. The Balaban J connectivity index is 2.20.